The predicted molar refractivity (Wildman–Crippen MR) is 98.9 cm³/mol. The normalized spacial score (nSPS) is 54.5. The number of carbonyl (C=O) groups excluding carboxylic acids is 1. The summed E-state index contributed by atoms with van der Waals surface area (Å²) in [5.74, 6) is 3.14. The van der Waals surface area contributed by atoms with E-state index in [2.05, 4.69) is 26.8 Å². The summed E-state index contributed by atoms with van der Waals surface area (Å²) >= 11 is 0. The lowest BCUT2D eigenvalue weighted by atomic mass is 9.45. The molecule has 0 N–H and O–H groups in total. The van der Waals surface area contributed by atoms with Gasteiger partial charge in [-0.2, -0.15) is 0 Å². The fraction of sp³-hybridized carbons (Fsp3) is 0.870. The molecular formula is C23H34O2. The smallest absolute Gasteiger partial charge is 0.306 e. The van der Waals surface area contributed by atoms with Gasteiger partial charge in [0.2, 0.25) is 0 Å². The number of allylic oxidation sites excluding steroid dienone is 2. The molecule has 7 atom stereocenters. The average Bonchev–Trinajstić information content (AvgIpc) is 3.10. The van der Waals surface area contributed by atoms with Crippen molar-refractivity contribution in [3.63, 3.8) is 0 Å². The molecule has 138 valence electrons. The van der Waals surface area contributed by atoms with E-state index in [-0.39, 0.29) is 17.0 Å². The highest BCUT2D eigenvalue weighted by Gasteiger charge is 2.67. The van der Waals surface area contributed by atoms with Crippen LogP contribution < -0.4 is 0 Å². The van der Waals surface area contributed by atoms with E-state index in [1.165, 1.54) is 44.9 Å². The van der Waals surface area contributed by atoms with Crippen LogP contribution in [0.4, 0.5) is 0 Å². The van der Waals surface area contributed by atoms with Crippen molar-refractivity contribution in [1.29, 1.82) is 0 Å². The molecule has 4 fully saturated rings. The second kappa shape index (κ2) is 5.14. The Hall–Kier alpha value is -0.790. The van der Waals surface area contributed by atoms with Crippen LogP contribution in [-0.4, -0.2) is 11.6 Å². The van der Waals surface area contributed by atoms with E-state index < -0.39 is 0 Å². The van der Waals surface area contributed by atoms with E-state index >= 15 is 0 Å². The van der Waals surface area contributed by atoms with Gasteiger partial charge in [0, 0.05) is 11.8 Å². The van der Waals surface area contributed by atoms with Crippen molar-refractivity contribution in [3.05, 3.63) is 11.6 Å². The largest absolute Gasteiger partial charge is 0.458 e. The number of hydrogen-bond acceptors (Lipinski definition) is 2. The molecule has 0 aromatic carbocycles. The van der Waals surface area contributed by atoms with Gasteiger partial charge >= 0.3 is 5.97 Å². The zero-order valence-electron chi connectivity index (χ0n) is 16.3. The molecule has 2 heteroatoms. The van der Waals surface area contributed by atoms with Gasteiger partial charge in [-0.3, -0.25) is 4.79 Å². The molecule has 1 saturated heterocycles. The maximum atomic E-state index is 12.0. The first-order valence-electron chi connectivity index (χ1n) is 10.8. The van der Waals surface area contributed by atoms with Crippen molar-refractivity contribution >= 4 is 5.97 Å². The standard InChI is InChI=1S/C23H34O2/c1-15-14-16-6-4-5-10-21(16,2)17-7-11-22(3)18(20(15)17)8-12-23(22)13-9-19(24)25-23/h14-15,17-18,20H,4-13H2,1-3H3/t15?,17?,18?,20-,21+,22+,23-/m1/s1. The van der Waals surface area contributed by atoms with Crippen molar-refractivity contribution in [2.45, 2.75) is 90.6 Å². The number of ether oxygens (including phenoxy) is 1. The molecule has 1 aliphatic heterocycles. The van der Waals surface area contributed by atoms with Crippen molar-refractivity contribution in [3.8, 4) is 0 Å². The first-order chi connectivity index (χ1) is 11.9. The van der Waals surface area contributed by atoms with E-state index in [4.69, 9.17) is 4.74 Å². The molecule has 2 nitrogen and oxygen atoms in total. The number of hydrogen-bond donors (Lipinski definition) is 0. The summed E-state index contributed by atoms with van der Waals surface area (Å²) in [4.78, 5) is 12.0. The van der Waals surface area contributed by atoms with Crippen LogP contribution in [0.15, 0.2) is 11.6 Å². The molecule has 5 aliphatic rings. The quantitative estimate of drug-likeness (QED) is 0.419. The first kappa shape index (κ1) is 16.4. The molecule has 5 rings (SSSR count). The average molecular weight is 343 g/mol. The highest BCUT2D eigenvalue weighted by atomic mass is 16.6. The SMILES string of the molecule is CC1C=C2CCCC[C@]2(C)C2CC[C@@]3(C)C(CC[C@@]34CCC(=O)O4)[C@H]12. The highest BCUT2D eigenvalue weighted by molar-refractivity contribution is 5.72. The summed E-state index contributed by atoms with van der Waals surface area (Å²) in [6.07, 6.45) is 14.8. The maximum absolute atomic E-state index is 12.0. The second-order valence-corrected chi connectivity index (χ2v) is 10.4. The van der Waals surface area contributed by atoms with Crippen LogP contribution >= 0.6 is 0 Å². The first-order valence-corrected chi connectivity index (χ1v) is 10.8. The zero-order valence-corrected chi connectivity index (χ0v) is 16.3. The number of esters is 1. The molecular weight excluding hydrogens is 308 g/mol. The van der Waals surface area contributed by atoms with E-state index in [9.17, 15) is 4.79 Å². The lowest BCUT2D eigenvalue weighted by Crippen LogP contribution is -2.55. The molecule has 1 spiro atoms. The minimum absolute atomic E-state index is 0.0575. The summed E-state index contributed by atoms with van der Waals surface area (Å²) in [5, 5.41) is 0. The van der Waals surface area contributed by atoms with Crippen LogP contribution in [0.5, 0.6) is 0 Å². The molecule has 1 heterocycles. The topological polar surface area (TPSA) is 26.3 Å². The Morgan fingerprint density at radius 2 is 1.80 bits per heavy atom. The van der Waals surface area contributed by atoms with Gasteiger partial charge in [0.1, 0.15) is 5.60 Å². The van der Waals surface area contributed by atoms with Gasteiger partial charge in [0.25, 0.3) is 0 Å². The minimum Gasteiger partial charge on any atom is -0.458 e. The van der Waals surface area contributed by atoms with Crippen molar-refractivity contribution in [2.24, 2.45) is 34.5 Å². The fourth-order valence-corrected chi connectivity index (χ4v) is 8.35. The maximum Gasteiger partial charge on any atom is 0.306 e. The van der Waals surface area contributed by atoms with Crippen LogP contribution in [0.3, 0.4) is 0 Å². The number of rotatable bonds is 0. The Morgan fingerprint density at radius 1 is 1.00 bits per heavy atom. The van der Waals surface area contributed by atoms with Gasteiger partial charge < -0.3 is 4.74 Å². The molecule has 0 amide bonds. The van der Waals surface area contributed by atoms with Gasteiger partial charge in [0.05, 0.1) is 0 Å². The third kappa shape index (κ3) is 1.95. The van der Waals surface area contributed by atoms with Crippen molar-refractivity contribution in [2.75, 3.05) is 0 Å². The molecule has 0 aromatic heterocycles. The third-order valence-corrected chi connectivity index (χ3v) is 9.68. The Bertz CT molecular complexity index is 636. The number of carbonyl (C=O) groups is 1. The monoisotopic (exact) mass is 342 g/mol. The van der Waals surface area contributed by atoms with Crippen LogP contribution in [0, 0.1) is 34.5 Å². The Labute approximate surface area is 152 Å². The van der Waals surface area contributed by atoms with E-state index in [0.29, 0.717) is 17.8 Å². The Balaban J connectivity index is 1.54. The highest BCUT2D eigenvalue weighted by Crippen LogP contribution is 2.70. The predicted octanol–water partition coefficient (Wildman–Crippen LogP) is 5.66. The van der Waals surface area contributed by atoms with Gasteiger partial charge in [-0.15, -0.1) is 0 Å². The fourth-order valence-electron chi connectivity index (χ4n) is 8.35. The molecule has 4 aliphatic carbocycles. The van der Waals surface area contributed by atoms with E-state index in [1.807, 2.05) is 0 Å². The summed E-state index contributed by atoms with van der Waals surface area (Å²) in [6, 6.07) is 0. The van der Waals surface area contributed by atoms with Gasteiger partial charge in [-0.25, -0.2) is 0 Å². The lowest BCUT2D eigenvalue weighted by molar-refractivity contribution is -0.168. The van der Waals surface area contributed by atoms with Crippen LogP contribution in [0.2, 0.25) is 0 Å². The Kier molecular flexibility index (Phi) is 3.37. The molecule has 0 bridgehead atoms. The van der Waals surface area contributed by atoms with Gasteiger partial charge in [0.15, 0.2) is 0 Å². The molecule has 25 heavy (non-hydrogen) atoms. The zero-order chi connectivity index (χ0) is 17.4. The summed E-state index contributed by atoms with van der Waals surface area (Å²) in [7, 11) is 0. The van der Waals surface area contributed by atoms with Crippen LogP contribution in [0.1, 0.15) is 85.0 Å². The number of fused-ring (bicyclic) bond motifs is 6. The lowest BCUT2D eigenvalue weighted by Gasteiger charge is -2.60. The molecule has 0 aromatic rings. The second-order valence-electron chi connectivity index (χ2n) is 10.4. The summed E-state index contributed by atoms with van der Waals surface area (Å²) in [5.41, 5.74) is 2.33. The van der Waals surface area contributed by atoms with Crippen molar-refractivity contribution in [1.82, 2.24) is 0 Å². The third-order valence-electron chi connectivity index (χ3n) is 9.68. The van der Waals surface area contributed by atoms with E-state index in [0.717, 1.165) is 30.6 Å². The molecule has 0 radical (unpaired) electrons. The molecule has 3 saturated carbocycles. The Morgan fingerprint density at radius 3 is 2.56 bits per heavy atom. The van der Waals surface area contributed by atoms with Crippen LogP contribution in [-0.2, 0) is 9.53 Å². The van der Waals surface area contributed by atoms with Crippen molar-refractivity contribution < 1.29 is 9.53 Å². The summed E-state index contributed by atoms with van der Waals surface area (Å²) < 4.78 is 6.07. The van der Waals surface area contributed by atoms with E-state index in [1.54, 1.807) is 5.57 Å². The van der Waals surface area contributed by atoms with Gasteiger partial charge in [-0.05, 0) is 80.5 Å². The van der Waals surface area contributed by atoms with Gasteiger partial charge in [-0.1, -0.05) is 38.8 Å². The molecule has 3 unspecified atom stereocenters. The minimum atomic E-state index is -0.128. The summed E-state index contributed by atoms with van der Waals surface area (Å²) in [6.45, 7) is 7.55. The van der Waals surface area contributed by atoms with Crippen LogP contribution in [0.25, 0.3) is 0 Å².